The normalized spacial score (nSPS) is 18.1. The molecule has 17 heavy (non-hydrogen) atoms. The summed E-state index contributed by atoms with van der Waals surface area (Å²) in [6, 6.07) is 8.37. The second-order valence-electron chi connectivity index (χ2n) is 4.48. The molecule has 2 rings (SSSR count). The van der Waals surface area contributed by atoms with Crippen LogP contribution in [0.5, 0.6) is 0 Å². The smallest absolute Gasteiger partial charge is 0.196 e. The molecule has 0 aliphatic carbocycles. The van der Waals surface area contributed by atoms with Gasteiger partial charge in [0.05, 0.1) is 0 Å². The minimum Gasteiger partial charge on any atom is -0.370 e. The van der Waals surface area contributed by atoms with Crippen molar-refractivity contribution in [1.82, 2.24) is 5.32 Å². The molecule has 1 heterocycles. The number of halogens is 1. The maximum absolute atomic E-state index is 5.74. The largest absolute Gasteiger partial charge is 0.370 e. The van der Waals surface area contributed by atoms with Crippen LogP contribution in [0, 0.1) is 3.57 Å². The molecule has 3 N–H and O–H groups in total. The maximum Gasteiger partial charge on any atom is 0.196 e. The molecule has 0 aromatic heterocycles. The summed E-state index contributed by atoms with van der Waals surface area (Å²) in [6.45, 7) is 3.88. The van der Waals surface area contributed by atoms with Gasteiger partial charge in [0.2, 0.25) is 0 Å². The van der Waals surface area contributed by atoms with Crippen LogP contribution in [0.2, 0.25) is 0 Å². The van der Waals surface area contributed by atoms with Gasteiger partial charge >= 0.3 is 0 Å². The zero-order valence-electron chi connectivity index (χ0n) is 9.87. The number of hydrogen-bond acceptors (Lipinski definition) is 4. The van der Waals surface area contributed by atoms with Crippen LogP contribution in [0.15, 0.2) is 34.3 Å². The molecule has 4 nitrogen and oxygen atoms in total. The van der Waals surface area contributed by atoms with Gasteiger partial charge in [-0.25, -0.2) is 9.98 Å². The summed E-state index contributed by atoms with van der Waals surface area (Å²) >= 11 is 2.29. The Morgan fingerprint density at radius 2 is 1.88 bits per heavy atom. The number of nitrogens with zero attached hydrogens (tertiary/aromatic N) is 2. The van der Waals surface area contributed by atoms with Crippen LogP contribution >= 0.6 is 22.6 Å². The van der Waals surface area contributed by atoms with E-state index in [1.807, 2.05) is 13.8 Å². The van der Waals surface area contributed by atoms with Crippen LogP contribution in [0.25, 0.3) is 0 Å². The van der Waals surface area contributed by atoms with Crippen LogP contribution in [-0.2, 0) is 6.42 Å². The van der Waals surface area contributed by atoms with Crippen molar-refractivity contribution in [3.8, 4) is 0 Å². The minimum atomic E-state index is -0.464. The van der Waals surface area contributed by atoms with Crippen molar-refractivity contribution in [1.29, 1.82) is 0 Å². The van der Waals surface area contributed by atoms with Gasteiger partial charge in [-0.2, -0.15) is 0 Å². The van der Waals surface area contributed by atoms with Crippen molar-refractivity contribution < 1.29 is 0 Å². The van der Waals surface area contributed by atoms with Gasteiger partial charge in [-0.05, 0) is 54.1 Å². The number of nitrogens with one attached hydrogen (secondary N) is 1. The summed E-state index contributed by atoms with van der Waals surface area (Å²) in [7, 11) is 0. The first-order chi connectivity index (χ1) is 7.94. The molecule has 1 aliphatic heterocycles. The fraction of sp³-hybridized carbons (Fsp3) is 0.333. The molecular weight excluding hydrogens is 327 g/mol. The molecule has 5 heteroatoms. The third-order valence-electron chi connectivity index (χ3n) is 2.36. The number of hydrogen-bond donors (Lipinski definition) is 2. The summed E-state index contributed by atoms with van der Waals surface area (Å²) in [5.41, 5.74) is 6.48. The highest BCUT2D eigenvalue weighted by Crippen LogP contribution is 2.15. The molecule has 1 aliphatic rings. The Morgan fingerprint density at radius 1 is 1.24 bits per heavy atom. The lowest BCUT2D eigenvalue weighted by atomic mass is 10.1. The third-order valence-corrected chi connectivity index (χ3v) is 3.08. The van der Waals surface area contributed by atoms with Crippen LogP contribution in [0.1, 0.15) is 19.4 Å². The van der Waals surface area contributed by atoms with E-state index in [0.717, 1.165) is 12.3 Å². The second kappa shape index (κ2) is 4.64. The molecule has 0 atom stereocenters. The quantitative estimate of drug-likeness (QED) is 0.807. The number of nitrogens with two attached hydrogens (primary N) is 1. The van der Waals surface area contributed by atoms with Crippen molar-refractivity contribution >= 4 is 34.4 Å². The van der Waals surface area contributed by atoms with Crippen molar-refractivity contribution in [2.75, 3.05) is 0 Å². The standard InChI is InChI=1S/C12H15IN4/c1-12(2)16-10(15-11(14)17-12)7-8-3-5-9(13)6-4-8/h3-6H,7H2,1-2H3,(H3,14,15,16,17). The van der Waals surface area contributed by atoms with Crippen molar-refractivity contribution in [3.05, 3.63) is 33.4 Å². The van der Waals surface area contributed by atoms with Gasteiger partial charge in [0, 0.05) is 9.99 Å². The summed E-state index contributed by atoms with van der Waals surface area (Å²) in [6.07, 6.45) is 0.747. The van der Waals surface area contributed by atoms with Crippen LogP contribution < -0.4 is 11.1 Å². The molecule has 0 radical (unpaired) electrons. The fourth-order valence-corrected chi connectivity index (χ4v) is 2.09. The Morgan fingerprint density at radius 3 is 2.47 bits per heavy atom. The summed E-state index contributed by atoms with van der Waals surface area (Å²) < 4.78 is 1.23. The zero-order valence-corrected chi connectivity index (χ0v) is 12.0. The highest BCUT2D eigenvalue weighted by molar-refractivity contribution is 14.1. The molecule has 0 saturated heterocycles. The number of rotatable bonds is 2. The molecular formula is C12H15IN4. The van der Waals surface area contributed by atoms with Gasteiger partial charge in [-0.3, -0.25) is 0 Å². The Bertz CT molecular complexity index is 474. The van der Waals surface area contributed by atoms with E-state index in [0.29, 0.717) is 5.96 Å². The topological polar surface area (TPSA) is 62.8 Å². The molecule has 0 amide bonds. The van der Waals surface area contributed by atoms with E-state index in [-0.39, 0.29) is 0 Å². The summed E-state index contributed by atoms with van der Waals surface area (Å²) in [5.74, 6) is 1.30. The number of benzene rings is 1. The molecule has 0 saturated carbocycles. The van der Waals surface area contributed by atoms with E-state index in [4.69, 9.17) is 5.73 Å². The lowest BCUT2D eigenvalue weighted by Gasteiger charge is -2.24. The molecule has 1 aromatic carbocycles. The maximum atomic E-state index is 5.74. The lowest BCUT2D eigenvalue weighted by Crippen LogP contribution is -2.44. The predicted molar refractivity (Wildman–Crippen MR) is 79.1 cm³/mol. The number of amidine groups is 1. The first kappa shape index (κ1) is 12.3. The molecule has 1 aromatic rings. The average Bonchev–Trinajstić information content (AvgIpc) is 2.18. The van der Waals surface area contributed by atoms with Gasteiger partial charge in [0.25, 0.3) is 0 Å². The Hall–Kier alpha value is -1.11. The monoisotopic (exact) mass is 342 g/mol. The Kier molecular flexibility index (Phi) is 3.37. The molecule has 0 unspecified atom stereocenters. The van der Waals surface area contributed by atoms with Gasteiger partial charge in [-0.1, -0.05) is 12.1 Å². The number of guanidine groups is 1. The van der Waals surface area contributed by atoms with Gasteiger partial charge in [-0.15, -0.1) is 0 Å². The van der Waals surface area contributed by atoms with E-state index in [1.54, 1.807) is 0 Å². The first-order valence-corrected chi connectivity index (χ1v) is 6.48. The van der Waals surface area contributed by atoms with E-state index in [9.17, 15) is 0 Å². The van der Waals surface area contributed by atoms with Crippen LogP contribution in [-0.4, -0.2) is 17.5 Å². The molecule has 90 valence electrons. The number of aliphatic imine (C=N–C) groups is 2. The van der Waals surface area contributed by atoms with Gasteiger partial charge in [0.15, 0.2) is 5.96 Å². The van der Waals surface area contributed by atoms with E-state index < -0.39 is 5.66 Å². The first-order valence-electron chi connectivity index (χ1n) is 5.40. The Labute approximate surface area is 115 Å². The van der Waals surface area contributed by atoms with E-state index >= 15 is 0 Å². The third kappa shape index (κ3) is 3.42. The van der Waals surface area contributed by atoms with E-state index in [1.165, 1.54) is 9.13 Å². The van der Waals surface area contributed by atoms with Crippen LogP contribution in [0.3, 0.4) is 0 Å². The van der Waals surface area contributed by atoms with Gasteiger partial charge < -0.3 is 11.1 Å². The average molecular weight is 342 g/mol. The van der Waals surface area contributed by atoms with E-state index in [2.05, 4.69) is 62.2 Å². The SMILES string of the molecule is CC1(C)N=C(N)NC(Cc2ccc(I)cc2)=N1. The molecule has 0 bridgehead atoms. The predicted octanol–water partition coefficient (Wildman–Crippen LogP) is 1.89. The van der Waals surface area contributed by atoms with Crippen molar-refractivity contribution in [2.24, 2.45) is 15.7 Å². The van der Waals surface area contributed by atoms with Crippen molar-refractivity contribution in [2.45, 2.75) is 25.9 Å². The molecule has 0 fully saturated rings. The Balaban J connectivity index is 2.15. The minimum absolute atomic E-state index is 0.436. The van der Waals surface area contributed by atoms with Crippen molar-refractivity contribution in [3.63, 3.8) is 0 Å². The van der Waals surface area contributed by atoms with Crippen LogP contribution in [0.4, 0.5) is 0 Å². The summed E-state index contributed by atoms with van der Waals surface area (Å²) in [5, 5.41) is 3.01. The molecule has 0 spiro atoms. The fourth-order valence-electron chi connectivity index (χ4n) is 1.73. The second-order valence-corrected chi connectivity index (χ2v) is 5.72. The highest BCUT2D eigenvalue weighted by atomic mass is 127. The van der Waals surface area contributed by atoms with Gasteiger partial charge in [0.1, 0.15) is 11.5 Å². The summed E-state index contributed by atoms with van der Waals surface area (Å²) in [4.78, 5) is 8.73. The highest BCUT2D eigenvalue weighted by Gasteiger charge is 2.21. The zero-order chi connectivity index (χ0) is 12.5. The lowest BCUT2D eigenvalue weighted by molar-refractivity contribution is 0.539.